The summed E-state index contributed by atoms with van der Waals surface area (Å²) in [6.45, 7) is -0.521. The number of hydrogen-bond donors (Lipinski definition) is 2. The molecule has 5 amide bonds. The molecule has 0 bridgehead atoms. The van der Waals surface area contributed by atoms with E-state index in [-0.39, 0.29) is 0 Å². The minimum absolute atomic E-state index is 0.521. The Hall–Kier alpha value is -2.74. The van der Waals surface area contributed by atoms with Crippen LogP contribution in [0.3, 0.4) is 0 Å². The summed E-state index contributed by atoms with van der Waals surface area (Å²) in [5, 5.41) is 6.34. The van der Waals surface area contributed by atoms with Crippen LogP contribution >= 0.6 is 15.9 Å². The molecular formula is C15H10BrN3O4. The van der Waals surface area contributed by atoms with Crippen LogP contribution in [0.15, 0.2) is 40.9 Å². The Morgan fingerprint density at radius 1 is 1.17 bits per heavy atom. The Balaban J connectivity index is 1.74. The Labute approximate surface area is 138 Å². The van der Waals surface area contributed by atoms with Crippen molar-refractivity contribution in [3.8, 4) is 0 Å². The Morgan fingerprint density at radius 3 is 2.65 bits per heavy atom. The van der Waals surface area contributed by atoms with Crippen molar-refractivity contribution in [1.29, 1.82) is 0 Å². The van der Waals surface area contributed by atoms with Gasteiger partial charge in [-0.25, -0.2) is 9.69 Å². The Morgan fingerprint density at radius 2 is 1.96 bits per heavy atom. The fraction of sp³-hybridized carbons (Fsp3) is 0.0667. The first-order valence-corrected chi connectivity index (χ1v) is 7.40. The molecule has 2 N–H and O–H groups in total. The number of benzene rings is 2. The zero-order valence-corrected chi connectivity index (χ0v) is 13.2. The van der Waals surface area contributed by atoms with Gasteiger partial charge in [0.15, 0.2) is 0 Å². The van der Waals surface area contributed by atoms with Crippen LogP contribution in [-0.2, 0) is 14.4 Å². The molecule has 1 saturated heterocycles. The largest absolute Gasteiger partial charge is 0.332 e. The summed E-state index contributed by atoms with van der Waals surface area (Å²) in [7, 11) is 0. The highest BCUT2D eigenvalue weighted by atomic mass is 79.9. The molecule has 0 spiro atoms. The third kappa shape index (κ3) is 2.93. The van der Waals surface area contributed by atoms with Gasteiger partial charge in [0.1, 0.15) is 6.54 Å². The van der Waals surface area contributed by atoms with Gasteiger partial charge >= 0.3 is 17.8 Å². The maximum atomic E-state index is 12.0. The van der Waals surface area contributed by atoms with Crippen LogP contribution in [-0.4, -0.2) is 35.2 Å². The highest BCUT2D eigenvalue weighted by molar-refractivity contribution is 9.10. The van der Waals surface area contributed by atoms with Gasteiger partial charge in [-0.2, -0.15) is 0 Å². The molecule has 3 rings (SSSR count). The number of carbonyl (C=O) groups excluding carboxylic acids is 4. The normalized spacial score (nSPS) is 14.3. The fourth-order valence-corrected chi connectivity index (χ4v) is 2.76. The van der Waals surface area contributed by atoms with E-state index in [1.165, 1.54) is 0 Å². The van der Waals surface area contributed by atoms with Gasteiger partial charge in [-0.3, -0.25) is 19.7 Å². The molecule has 2 aromatic carbocycles. The summed E-state index contributed by atoms with van der Waals surface area (Å²) in [5.74, 6) is -2.64. The van der Waals surface area contributed by atoms with Gasteiger partial charge in [0.2, 0.25) is 5.91 Å². The highest BCUT2D eigenvalue weighted by Gasteiger charge is 2.37. The molecular weight excluding hydrogens is 366 g/mol. The molecule has 1 fully saturated rings. The molecule has 23 heavy (non-hydrogen) atoms. The van der Waals surface area contributed by atoms with E-state index in [4.69, 9.17) is 0 Å². The molecule has 7 nitrogen and oxygen atoms in total. The quantitative estimate of drug-likeness (QED) is 0.629. The van der Waals surface area contributed by atoms with E-state index in [1.807, 2.05) is 29.6 Å². The average molecular weight is 376 g/mol. The number of fused-ring (bicyclic) bond motifs is 1. The smallest absolute Gasteiger partial charge is 0.325 e. The van der Waals surface area contributed by atoms with Crippen molar-refractivity contribution in [2.45, 2.75) is 0 Å². The van der Waals surface area contributed by atoms with E-state index in [2.05, 4.69) is 21.2 Å². The number of nitrogens with zero attached hydrogens (tertiary/aromatic N) is 1. The lowest BCUT2D eigenvalue weighted by atomic mass is 10.1. The zero-order valence-electron chi connectivity index (χ0n) is 11.6. The third-order valence-electron chi connectivity index (χ3n) is 3.32. The second-order valence-corrected chi connectivity index (χ2v) is 5.73. The van der Waals surface area contributed by atoms with E-state index >= 15 is 0 Å². The highest BCUT2D eigenvalue weighted by Crippen LogP contribution is 2.26. The van der Waals surface area contributed by atoms with Crippen LogP contribution in [0.5, 0.6) is 0 Å². The molecule has 1 aliphatic rings. The minimum Gasteiger partial charge on any atom is -0.325 e. The lowest BCUT2D eigenvalue weighted by molar-refractivity contribution is -0.140. The first-order chi connectivity index (χ1) is 11.0. The number of carbonyl (C=O) groups is 4. The van der Waals surface area contributed by atoms with Crippen molar-refractivity contribution in [2.75, 3.05) is 11.9 Å². The monoisotopic (exact) mass is 375 g/mol. The van der Waals surface area contributed by atoms with Gasteiger partial charge in [-0.1, -0.05) is 34.1 Å². The summed E-state index contributed by atoms with van der Waals surface area (Å²) in [6, 6.07) is 10.1. The van der Waals surface area contributed by atoms with Crippen molar-refractivity contribution < 1.29 is 19.2 Å². The summed E-state index contributed by atoms with van der Waals surface area (Å²) in [4.78, 5) is 46.4. The summed E-state index contributed by atoms with van der Waals surface area (Å²) < 4.78 is 0.936. The van der Waals surface area contributed by atoms with Crippen LogP contribution < -0.4 is 10.6 Å². The SMILES string of the molecule is O=C(CN1C(=O)NC(=O)C1=O)Nc1ccc2c(Br)cccc2c1. The molecule has 116 valence electrons. The molecule has 8 heteroatoms. The molecule has 0 aromatic heterocycles. The van der Waals surface area contributed by atoms with Crippen LogP contribution in [0, 0.1) is 0 Å². The molecule has 0 saturated carbocycles. The third-order valence-corrected chi connectivity index (χ3v) is 4.01. The Kier molecular flexibility index (Phi) is 3.83. The van der Waals surface area contributed by atoms with E-state index < -0.39 is 30.3 Å². The first kappa shape index (κ1) is 15.2. The molecule has 0 atom stereocenters. The standard InChI is InChI=1S/C15H10BrN3O4/c16-11-3-1-2-8-6-9(4-5-10(8)11)17-12(20)7-19-14(22)13(21)18-15(19)23/h1-6H,7H2,(H,17,20)(H,18,21,23). The maximum absolute atomic E-state index is 12.0. The summed E-state index contributed by atoms with van der Waals surface area (Å²) in [6.07, 6.45) is 0. The van der Waals surface area contributed by atoms with Gasteiger partial charge in [-0.15, -0.1) is 0 Å². The van der Waals surface area contributed by atoms with Crippen molar-refractivity contribution in [1.82, 2.24) is 10.2 Å². The van der Waals surface area contributed by atoms with Crippen molar-refractivity contribution in [3.05, 3.63) is 40.9 Å². The van der Waals surface area contributed by atoms with E-state index in [0.717, 1.165) is 15.2 Å². The van der Waals surface area contributed by atoms with Crippen LogP contribution in [0.1, 0.15) is 0 Å². The number of hydrogen-bond acceptors (Lipinski definition) is 4. The number of rotatable bonds is 3. The number of nitrogens with one attached hydrogen (secondary N) is 2. The second-order valence-electron chi connectivity index (χ2n) is 4.87. The lowest BCUT2D eigenvalue weighted by Gasteiger charge is -2.12. The van der Waals surface area contributed by atoms with Crippen LogP contribution in [0.2, 0.25) is 0 Å². The molecule has 1 aliphatic heterocycles. The van der Waals surface area contributed by atoms with E-state index in [1.54, 1.807) is 12.1 Å². The number of urea groups is 1. The van der Waals surface area contributed by atoms with Gasteiger partial charge < -0.3 is 5.32 Å². The minimum atomic E-state index is -1.03. The number of imide groups is 2. The van der Waals surface area contributed by atoms with E-state index in [0.29, 0.717) is 10.6 Å². The van der Waals surface area contributed by atoms with Crippen LogP contribution in [0.4, 0.5) is 10.5 Å². The summed E-state index contributed by atoms with van der Waals surface area (Å²) in [5.41, 5.74) is 0.527. The predicted octanol–water partition coefficient (Wildman–Crippen LogP) is 1.62. The van der Waals surface area contributed by atoms with Crippen molar-refractivity contribution in [2.24, 2.45) is 0 Å². The van der Waals surface area contributed by atoms with Gasteiger partial charge in [0.05, 0.1) is 0 Å². The van der Waals surface area contributed by atoms with Gasteiger partial charge in [0.25, 0.3) is 0 Å². The number of amides is 5. The second kappa shape index (κ2) is 5.81. The number of anilines is 1. The molecule has 2 aromatic rings. The van der Waals surface area contributed by atoms with Gasteiger partial charge in [-0.05, 0) is 29.0 Å². The van der Waals surface area contributed by atoms with Crippen molar-refractivity contribution >= 4 is 56.1 Å². The summed E-state index contributed by atoms with van der Waals surface area (Å²) >= 11 is 3.44. The van der Waals surface area contributed by atoms with Gasteiger partial charge in [0, 0.05) is 10.2 Å². The first-order valence-electron chi connectivity index (χ1n) is 6.60. The Bertz CT molecular complexity index is 865. The maximum Gasteiger partial charge on any atom is 0.332 e. The van der Waals surface area contributed by atoms with Crippen LogP contribution in [0.25, 0.3) is 10.8 Å². The molecule has 0 radical (unpaired) electrons. The number of halogens is 1. The average Bonchev–Trinajstić information content (AvgIpc) is 2.74. The predicted molar refractivity (Wildman–Crippen MR) is 85.5 cm³/mol. The zero-order chi connectivity index (χ0) is 16.6. The molecule has 0 aliphatic carbocycles. The van der Waals surface area contributed by atoms with Crippen molar-refractivity contribution in [3.63, 3.8) is 0 Å². The van der Waals surface area contributed by atoms with E-state index in [9.17, 15) is 19.2 Å². The lowest BCUT2D eigenvalue weighted by Crippen LogP contribution is -2.38. The topological polar surface area (TPSA) is 95.6 Å². The fourth-order valence-electron chi connectivity index (χ4n) is 2.24. The molecule has 0 unspecified atom stereocenters. The molecule has 1 heterocycles.